The fourth-order valence-electron chi connectivity index (χ4n) is 2.35. The second kappa shape index (κ2) is 4.45. The first kappa shape index (κ1) is 12.0. The van der Waals surface area contributed by atoms with Gasteiger partial charge in [-0.05, 0) is 38.3 Å². The molecule has 4 nitrogen and oxygen atoms in total. The molecule has 2 rings (SSSR count). The number of anilines is 1. The van der Waals surface area contributed by atoms with Crippen molar-refractivity contribution in [3.05, 3.63) is 23.5 Å². The Balaban J connectivity index is 2.18. The fourth-order valence-corrected chi connectivity index (χ4v) is 2.35. The molecule has 3 N–H and O–H groups in total. The predicted molar refractivity (Wildman–Crippen MR) is 67.7 cm³/mol. The summed E-state index contributed by atoms with van der Waals surface area (Å²) in [4.78, 5) is 16.4. The lowest BCUT2D eigenvalue weighted by Gasteiger charge is -2.23. The van der Waals surface area contributed by atoms with Crippen LogP contribution < -0.4 is 11.1 Å². The molecule has 0 aliphatic heterocycles. The van der Waals surface area contributed by atoms with Gasteiger partial charge < -0.3 is 11.1 Å². The van der Waals surface area contributed by atoms with Gasteiger partial charge in [-0.2, -0.15) is 0 Å². The van der Waals surface area contributed by atoms with E-state index < -0.39 is 5.54 Å². The van der Waals surface area contributed by atoms with Crippen LogP contribution in [0.3, 0.4) is 0 Å². The average Bonchev–Trinajstić information content (AvgIpc) is 2.72. The van der Waals surface area contributed by atoms with E-state index in [0.29, 0.717) is 0 Å². The summed E-state index contributed by atoms with van der Waals surface area (Å²) < 4.78 is 0. The van der Waals surface area contributed by atoms with Crippen LogP contribution in [0.15, 0.2) is 12.3 Å². The van der Waals surface area contributed by atoms with Crippen molar-refractivity contribution in [1.29, 1.82) is 0 Å². The van der Waals surface area contributed by atoms with Gasteiger partial charge in [0.1, 0.15) is 0 Å². The molecule has 1 saturated carbocycles. The van der Waals surface area contributed by atoms with Crippen molar-refractivity contribution >= 4 is 11.6 Å². The van der Waals surface area contributed by atoms with Gasteiger partial charge in [0.25, 0.3) is 0 Å². The topological polar surface area (TPSA) is 68.0 Å². The Morgan fingerprint density at radius 2 is 2.06 bits per heavy atom. The van der Waals surface area contributed by atoms with Crippen LogP contribution in [0.25, 0.3) is 0 Å². The van der Waals surface area contributed by atoms with Gasteiger partial charge in [-0.3, -0.25) is 9.78 Å². The second-order valence-electron chi connectivity index (χ2n) is 4.91. The van der Waals surface area contributed by atoms with Crippen LogP contribution in [0.1, 0.15) is 36.9 Å². The highest BCUT2D eigenvalue weighted by molar-refractivity contribution is 5.99. The molecule has 1 fully saturated rings. The van der Waals surface area contributed by atoms with Gasteiger partial charge in [0.05, 0.1) is 16.9 Å². The first-order valence-corrected chi connectivity index (χ1v) is 6.05. The van der Waals surface area contributed by atoms with Crippen molar-refractivity contribution in [3.63, 3.8) is 0 Å². The Labute approximate surface area is 102 Å². The maximum absolute atomic E-state index is 12.2. The minimum Gasteiger partial charge on any atom is -0.323 e. The highest BCUT2D eigenvalue weighted by atomic mass is 16.2. The molecule has 0 radical (unpaired) electrons. The summed E-state index contributed by atoms with van der Waals surface area (Å²) in [7, 11) is 0. The van der Waals surface area contributed by atoms with E-state index in [1.165, 1.54) is 0 Å². The van der Waals surface area contributed by atoms with Crippen molar-refractivity contribution in [2.45, 2.75) is 45.1 Å². The largest absolute Gasteiger partial charge is 0.323 e. The standard InChI is InChI=1S/C13H19N3O/c1-9-5-8-15-10(2)11(9)16-12(17)13(14)6-3-4-7-13/h5,8H,3-4,6-7,14H2,1-2H3,(H,16,17). The minimum absolute atomic E-state index is 0.0748. The lowest BCUT2D eigenvalue weighted by atomic mass is 9.98. The molecule has 17 heavy (non-hydrogen) atoms. The Morgan fingerprint density at radius 1 is 1.41 bits per heavy atom. The van der Waals surface area contributed by atoms with E-state index in [0.717, 1.165) is 42.6 Å². The van der Waals surface area contributed by atoms with E-state index in [2.05, 4.69) is 10.3 Å². The molecule has 0 spiro atoms. The molecular weight excluding hydrogens is 214 g/mol. The Kier molecular flexibility index (Phi) is 3.15. The normalized spacial score (nSPS) is 18.1. The summed E-state index contributed by atoms with van der Waals surface area (Å²) in [5.41, 5.74) is 8.09. The first-order valence-electron chi connectivity index (χ1n) is 6.05. The van der Waals surface area contributed by atoms with Crippen LogP contribution >= 0.6 is 0 Å². The number of hydrogen-bond donors (Lipinski definition) is 2. The van der Waals surface area contributed by atoms with Crippen LogP contribution in [0.5, 0.6) is 0 Å². The summed E-state index contributed by atoms with van der Waals surface area (Å²) >= 11 is 0. The van der Waals surface area contributed by atoms with E-state index >= 15 is 0 Å². The molecule has 0 atom stereocenters. The monoisotopic (exact) mass is 233 g/mol. The maximum Gasteiger partial charge on any atom is 0.244 e. The number of amides is 1. The van der Waals surface area contributed by atoms with Crippen molar-refractivity contribution in [1.82, 2.24) is 4.98 Å². The molecule has 1 aromatic rings. The Bertz CT molecular complexity index is 416. The third-order valence-corrected chi connectivity index (χ3v) is 3.54. The molecule has 92 valence electrons. The highest BCUT2D eigenvalue weighted by Crippen LogP contribution is 2.29. The number of rotatable bonds is 2. The van der Waals surface area contributed by atoms with Crippen LogP contribution in [-0.4, -0.2) is 16.4 Å². The molecule has 0 bridgehead atoms. The van der Waals surface area contributed by atoms with Gasteiger partial charge in [0.2, 0.25) is 5.91 Å². The molecular formula is C13H19N3O. The number of nitrogens with one attached hydrogen (secondary N) is 1. The number of nitrogens with zero attached hydrogens (tertiary/aromatic N) is 1. The third kappa shape index (κ3) is 2.31. The van der Waals surface area contributed by atoms with Crippen LogP contribution in [0.4, 0.5) is 5.69 Å². The fraction of sp³-hybridized carbons (Fsp3) is 0.538. The highest BCUT2D eigenvalue weighted by Gasteiger charge is 2.37. The molecule has 1 amide bonds. The number of nitrogens with two attached hydrogens (primary N) is 1. The third-order valence-electron chi connectivity index (χ3n) is 3.54. The number of aromatic nitrogens is 1. The number of pyridine rings is 1. The van der Waals surface area contributed by atoms with Crippen LogP contribution in [0.2, 0.25) is 0 Å². The number of aryl methyl sites for hydroxylation is 2. The lowest BCUT2D eigenvalue weighted by Crippen LogP contribution is -2.48. The van der Waals surface area contributed by atoms with E-state index in [-0.39, 0.29) is 5.91 Å². The van der Waals surface area contributed by atoms with Gasteiger partial charge in [0.15, 0.2) is 0 Å². The zero-order chi connectivity index (χ0) is 12.5. The second-order valence-corrected chi connectivity index (χ2v) is 4.91. The van der Waals surface area contributed by atoms with Gasteiger partial charge in [-0.15, -0.1) is 0 Å². The maximum atomic E-state index is 12.2. The Morgan fingerprint density at radius 3 is 2.65 bits per heavy atom. The molecule has 1 aromatic heterocycles. The van der Waals surface area contributed by atoms with Crippen LogP contribution in [0, 0.1) is 13.8 Å². The van der Waals surface area contributed by atoms with Gasteiger partial charge >= 0.3 is 0 Å². The van der Waals surface area contributed by atoms with E-state index in [1.54, 1.807) is 6.20 Å². The lowest BCUT2D eigenvalue weighted by molar-refractivity contribution is -0.121. The quantitative estimate of drug-likeness (QED) is 0.820. The van der Waals surface area contributed by atoms with Crippen molar-refractivity contribution in [2.24, 2.45) is 5.73 Å². The number of carbonyl (C=O) groups excluding carboxylic acids is 1. The summed E-state index contributed by atoms with van der Waals surface area (Å²) in [6.45, 7) is 3.85. The van der Waals surface area contributed by atoms with Crippen molar-refractivity contribution in [2.75, 3.05) is 5.32 Å². The van der Waals surface area contributed by atoms with E-state index in [1.807, 2.05) is 19.9 Å². The number of carbonyl (C=O) groups is 1. The van der Waals surface area contributed by atoms with Gasteiger partial charge in [-0.1, -0.05) is 12.8 Å². The smallest absolute Gasteiger partial charge is 0.244 e. The van der Waals surface area contributed by atoms with Gasteiger partial charge in [-0.25, -0.2) is 0 Å². The minimum atomic E-state index is -0.686. The average molecular weight is 233 g/mol. The molecule has 4 heteroatoms. The van der Waals surface area contributed by atoms with Crippen molar-refractivity contribution < 1.29 is 4.79 Å². The predicted octanol–water partition coefficient (Wildman–Crippen LogP) is 1.91. The molecule has 0 saturated heterocycles. The summed E-state index contributed by atoms with van der Waals surface area (Å²) in [5, 5.41) is 2.93. The molecule has 1 heterocycles. The molecule has 1 aliphatic rings. The zero-order valence-corrected chi connectivity index (χ0v) is 10.4. The first-order chi connectivity index (χ1) is 8.03. The summed E-state index contributed by atoms with van der Waals surface area (Å²) in [6, 6.07) is 1.89. The van der Waals surface area contributed by atoms with Crippen LogP contribution in [-0.2, 0) is 4.79 Å². The van der Waals surface area contributed by atoms with Gasteiger partial charge in [0, 0.05) is 6.20 Å². The SMILES string of the molecule is Cc1ccnc(C)c1NC(=O)C1(N)CCCC1. The summed E-state index contributed by atoms with van der Waals surface area (Å²) in [5.74, 6) is -0.0748. The number of hydrogen-bond acceptors (Lipinski definition) is 3. The molecule has 1 aliphatic carbocycles. The summed E-state index contributed by atoms with van der Waals surface area (Å²) in [6.07, 6.45) is 5.37. The van der Waals surface area contributed by atoms with E-state index in [9.17, 15) is 4.79 Å². The molecule has 0 unspecified atom stereocenters. The zero-order valence-electron chi connectivity index (χ0n) is 10.4. The van der Waals surface area contributed by atoms with Crippen molar-refractivity contribution in [3.8, 4) is 0 Å². The molecule has 0 aromatic carbocycles. The Hall–Kier alpha value is -1.42. The van der Waals surface area contributed by atoms with E-state index in [4.69, 9.17) is 5.73 Å².